The van der Waals surface area contributed by atoms with E-state index in [2.05, 4.69) is 4.98 Å². The number of alkyl halides is 1. The molecular weight excluding hydrogens is 270 g/mol. The normalized spacial score (nSPS) is 33.5. The number of aromatic nitrogens is 2. The van der Waals surface area contributed by atoms with Crippen LogP contribution in [0.25, 0.3) is 0 Å². The van der Waals surface area contributed by atoms with Gasteiger partial charge in [0.25, 0.3) is 0 Å². The van der Waals surface area contributed by atoms with Gasteiger partial charge in [-0.05, 0) is 5.46 Å². The molecule has 0 amide bonds. The molecule has 6 N–H and O–H groups in total. The molecule has 1 saturated heterocycles. The highest BCUT2D eigenvalue weighted by molar-refractivity contribution is 6.34. The molecule has 20 heavy (non-hydrogen) atoms. The lowest BCUT2D eigenvalue weighted by molar-refractivity contribution is -0.122. The Morgan fingerprint density at radius 2 is 2.30 bits per heavy atom. The molecule has 0 spiro atoms. The molecule has 1 aliphatic rings. The minimum absolute atomic E-state index is 0.0378. The zero-order valence-corrected chi connectivity index (χ0v) is 10.4. The summed E-state index contributed by atoms with van der Waals surface area (Å²) in [5.41, 5.74) is 8.16. The summed E-state index contributed by atoms with van der Waals surface area (Å²) in [6, 6.07) is 0. The Morgan fingerprint density at radius 3 is 2.80 bits per heavy atom. The molecular formula is C10H14BFN4O4. The van der Waals surface area contributed by atoms with Crippen LogP contribution in [-0.4, -0.2) is 58.6 Å². The van der Waals surface area contributed by atoms with Gasteiger partial charge in [-0.3, -0.25) is 4.57 Å². The van der Waals surface area contributed by atoms with Crippen molar-refractivity contribution < 1.29 is 19.3 Å². The predicted octanol–water partition coefficient (Wildman–Crippen LogP) is -3.46. The van der Waals surface area contributed by atoms with Gasteiger partial charge >= 0.3 is 5.69 Å². The zero-order chi connectivity index (χ0) is 15.1. The molecule has 1 aromatic heterocycles. The Bertz CT molecular complexity index is 565. The average molecular weight is 284 g/mol. The number of nitrogen functional groups attached to an aromatic ring is 1. The van der Waals surface area contributed by atoms with E-state index in [1.54, 1.807) is 0 Å². The predicted molar refractivity (Wildman–Crippen MR) is 68.2 cm³/mol. The van der Waals surface area contributed by atoms with Crippen molar-refractivity contribution in [2.45, 2.75) is 24.1 Å². The number of aliphatic hydroxyl groups is 2. The van der Waals surface area contributed by atoms with Crippen molar-refractivity contribution in [2.75, 3.05) is 18.9 Å². The maximum Gasteiger partial charge on any atom is 0.351 e. The Labute approximate surface area is 114 Å². The van der Waals surface area contributed by atoms with E-state index in [1.807, 2.05) is 0 Å². The van der Waals surface area contributed by atoms with Crippen LogP contribution in [-0.2, 0) is 4.74 Å². The van der Waals surface area contributed by atoms with Crippen molar-refractivity contribution in [3.05, 3.63) is 16.7 Å². The molecule has 0 aliphatic carbocycles. The molecule has 1 aromatic rings. The first-order valence-corrected chi connectivity index (χ1v) is 5.81. The van der Waals surface area contributed by atoms with Crippen molar-refractivity contribution in [1.82, 2.24) is 9.55 Å². The first kappa shape index (κ1) is 14.9. The summed E-state index contributed by atoms with van der Waals surface area (Å²) >= 11 is 0. The molecule has 0 aromatic carbocycles. The second-order valence-corrected chi connectivity index (χ2v) is 4.60. The fourth-order valence-corrected chi connectivity index (χ4v) is 2.07. The van der Waals surface area contributed by atoms with Crippen LogP contribution in [0, 0.1) is 0 Å². The first-order chi connectivity index (χ1) is 9.36. The summed E-state index contributed by atoms with van der Waals surface area (Å²) in [6.07, 6.45) is -4.09. The van der Waals surface area contributed by atoms with Gasteiger partial charge in [0.05, 0.1) is 6.61 Å². The van der Waals surface area contributed by atoms with Crippen LogP contribution in [0.15, 0.2) is 11.0 Å². The summed E-state index contributed by atoms with van der Waals surface area (Å²) in [5.74, 6) is -0.188. The molecule has 108 valence electrons. The van der Waals surface area contributed by atoms with Crippen LogP contribution in [0.4, 0.5) is 10.2 Å². The van der Waals surface area contributed by atoms with Gasteiger partial charge in [-0.1, -0.05) is 0 Å². The highest BCUT2D eigenvalue weighted by atomic mass is 19.1. The minimum Gasteiger partial charge on any atom is -0.393 e. The van der Waals surface area contributed by atoms with E-state index in [-0.39, 0.29) is 17.8 Å². The quantitative estimate of drug-likeness (QED) is 0.423. The molecule has 0 bridgehead atoms. The third-order valence-electron chi connectivity index (χ3n) is 3.37. The summed E-state index contributed by atoms with van der Waals surface area (Å²) in [6.45, 7) is -1.03. The topological polar surface area (TPSA) is 137 Å². The van der Waals surface area contributed by atoms with Gasteiger partial charge < -0.3 is 26.4 Å². The molecule has 10 heteroatoms. The number of rotatable bonds is 3. The maximum absolute atomic E-state index is 14.1. The lowest BCUT2D eigenvalue weighted by Gasteiger charge is -2.27. The Balaban J connectivity index is 2.45. The van der Waals surface area contributed by atoms with E-state index >= 15 is 0 Å². The van der Waals surface area contributed by atoms with Crippen molar-refractivity contribution >= 4 is 19.1 Å². The summed E-state index contributed by atoms with van der Waals surface area (Å²) in [5, 5.41) is 19.1. The Morgan fingerprint density at radius 1 is 1.65 bits per heavy atom. The molecule has 2 heterocycles. The first-order valence-electron chi connectivity index (χ1n) is 5.81. The number of ether oxygens (including phenoxy) is 1. The molecule has 1 fully saturated rings. The molecule has 1 aliphatic heterocycles. The second kappa shape index (κ2) is 5.13. The number of hydrogen-bond donors (Lipinski definition) is 4. The summed E-state index contributed by atoms with van der Waals surface area (Å²) in [7, 11) is 5.51. The van der Waals surface area contributed by atoms with Gasteiger partial charge in [-0.15, -0.1) is 0 Å². The molecule has 2 rings (SSSR count). The number of anilines is 1. The number of hydrogen-bond acceptors (Lipinski definition) is 7. The number of aliphatic hydroxyl groups excluding tert-OH is 2. The van der Waals surface area contributed by atoms with Gasteiger partial charge in [0.2, 0.25) is 0 Å². The molecule has 4 atom stereocenters. The standard InChI is InChI=1S/C10H14BFN4O4/c11-4-1-16(9(19)15-7(4)14)8-5(12)6(18)10(2-13,3-17)20-8/h1,5-6,8,17-18H,2-3,13H2,(H2,14,15,19)/t5-,6+,8-,10-/m1/s1. The lowest BCUT2D eigenvalue weighted by atomic mass is 9.97. The van der Waals surface area contributed by atoms with Gasteiger partial charge in [-0.25, -0.2) is 9.18 Å². The average Bonchev–Trinajstić information content (AvgIpc) is 2.68. The van der Waals surface area contributed by atoms with Crippen LogP contribution in [0.1, 0.15) is 6.23 Å². The Kier molecular flexibility index (Phi) is 3.83. The van der Waals surface area contributed by atoms with E-state index in [0.717, 1.165) is 10.8 Å². The largest absolute Gasteiger partial charge is 0.393 e. The highest BCUT2D eigenvalue weighted by Crippen LogP contribution is 2.37. The third kappa shape index (κ3) is 2.10. The Hall–Kier alpha value is -1.49. The van der Waals surface area contributed by atoms with Crippen molar-refractivity contribution in [3.63, 3.8) is 0 Å². The number of nitrogens with two attached hydrogens (primary N) is 2. The summed E-state index contributed by atoms with van der Waals surface area (Å²) < 4.78 is 20.2. The van der Waals surface area contributed by atoms with Gasteiger partial charge in [0.1, 0.15) is 25.4 Å². The smallest absolute Gasteiger partial charge is 0.351 e. The van der Waals surface area contributed by atoms with Crippen molar-refractivity contribution in [1.29, 1.82) is 0 Å². The van der Waals surface area contributed by atoms with Crippen LogP contribution in [0.5, 0.6) is 0 Å². The van der Waals surface area contributed by atoms with Crippen molar-refractivity contribution in [3.8, 4) is 0 Å². The molecule has 8 nitrogen and oxygen atoms in total. The third-order valence-corrected chi connectivity index (χ3v) is 3.37. The van der Waals surface area contributed by atoms with E-state index in [0.29, 0.717) is 0 Å². The van der Waals surface area contributed by atoms with E-state index in [9.17, 15) is 19.4 Å². The number of nitrogens with zero attached hydrogens (tertiary/aromatic N) is 2. The maximum atomic E-state index is 14.1. The SMILES string of the molecule is [B]c1cn([C@@H]2O[C@](CN)(CO)[C@@H](O)[C@H]2F)c(=O)nc1N. The van der Waals surface area contributed by atoms with E-state index in [1.165, 1.54) is 0 Å². The van der Waals surface area contributed by atoms with Crippen LogP contribution in [0.2, 0.25) is 0 Å². The van der Waals surface area contributed by atoms with Crippen LogP contribution < -0.4 is 22.6 Å². The summed E-state index contributed by atoms with van der Waals surface area (Å²) in [4.78, 5) is 15.1. The molecule has 0 unspecified atom stereocenters. The fourth-order valence-electron chi connectivity index (χ4n) is 2.07. The zero-order valence-electron chi connectivity index (χ0n) is 10.4. The van der Waals surface area contributed by atoms with Gasteiger partial charge in [-0.2, -0.15) is 4.98 Å². The molecule has 2 radical (unpaired) electrons. The van der Waals surface area contributed by atoms with E-state index < -0.39 is 36.4 Å². The van der Waals surface area contributed by atoms with Crippen molar-refractivity contribution in [2.24, 2.45) is 5.73 Å². The van der Waals surface area contributed by atoms with Crippen LogP contribution >= 0.6 is 0 Å². The monoisotopic (exact) mass is 284 g/mol. The lowest BCUT2D eigenvalue weighted by Crippen LogP contribution is -2.51. The minimum atomic E-state index is -1.98. The van der Waals surface area contributed by atoms with Gasteiger partial charge in [0, 0.05) is 12.7 Å². The van der Waals surface area contributed by atoms with Crippen LogP contribution in [0.3, 0.4) is 0 Å². The van der Waals surface area contributed by atoms with E-state index in [4.69, 9.17) is 24.1 Å². The highest BCUT2D eigenvalue weighted by Gasteiger charge is 2.55. The molecule has 0 saturated carbocycles. The fraction of sp³-hybridized carbons (Fsp3) is 0.600. The second-order valence-electron chi connectivity index (χ2n) is 4.60. The van der Waals surface area contributed by atoms with Gasteiger partial charge in [0.15, 0.2) is 12.4 Å². The number of halogens is 1.